The molecule has 11 heteroatoms. The van der Waals surface area contributed by atoms with Gasteiger partial charge in [0.25, 0.3) is 0 Å². The van der Waals surface area contributed by atoms with E-state index >= 15 is 0 Å². The molecule has 0 N–H and O–H groups in total. The van der Waals surface area contributed by atoms with Gasteiger partial charge in [0.2, 0.25) is 6.10 Å². The molecule has 2 rings (SSSR count). The van der Waals surface area contributed by atoms with Gasteiger partial charge in [0, 0.05) is 13.0 Å². The fourth-order valence-electron chi connectivity index (χ4n) is 5.41. The highest BCUT2D eigenvalue weighted by Crippen LogP contribution is 2.48. The molecule has 1 heterocycles. The van der Waals surface area contributed by atoms with E-state index < -0.39 is 36.3 Å². The summed E-state index contributed by atoms with van der Waals surface area (Å²) in [6.07, 6.45) is -12.8. The summed E-state index contributed by atoms with van der Waals surface area (Å²) in [5.74, 6) is -1.30. The Bertz CT molecular complexity index is 786. The van der Waals surface area contributed by atoms with Gasteiger partial charge < -0.3 is 18.9 Å². The molecule has 5 unspecified atom stereocenters. The summed E-state index contributed by atoms with van der Waals surface area (Å²) < 4.78 is 97.9. The number of carbonyl (C=O) groups is 1. The highest BCUT2D eigenvalue weighted by Gasteiger charge is 2.58. The highest BCUT2D eigenvalue weighted by atomic mass is 19.4. The molecular formula is C27H44F6O5. The van der Waals surface area contributed by atoms with Crippen LogP contribution in [0.2, 0.25) is 0 Å². The number of carbonyl (C=O) groups excluding carboxylic acids is 1. The van der Waals surface area contributed by atoms with Crippen molar-refractivity contribution >= 4 is 5.97 Å². The molecule has 1 aliphatic carbocycles. The summed E-state index contributed by atoms with van der Waals surface area (Å²) in [6.45, 7) is 15.5. The lowest BCUT2D eigenvalue weighted by Crippen LogP contribution is -2.45. The molecule has 2 fully saturated rings. The van der Waals surface area contributed by atoms with Gasteiger partial charge in [-0.05, 0) is 62.7 Å². The topological polar surface area (TPSA) is 54.0 Å². The predicted molar refractivity (Wildman–Crippen MR) is 129 cm³/mol. The van der Waals surface area contributed by atoms with Crippen molar-refractivity contribution in [1.82, 2.24) is 0 Å². The molecule has 38 heavy (non-hydrogen) atoms. The first-order chi connectivity index (χ1) is 17.0. The standard InChI is InChI=1S/C27H44F6O5/c1-22(2,3)16-24(7,23(4,5)6)21(34)36-15-17-10-11-18-19(14-17)38-25(8,37-18)12-9-13-35-20(26(28,29)30)27(31,32)33/h17-20H,9-16H2,1-8H3. The third kappa shape index (κ3) is 8.71. The number of hydrogen-bond acceptors (Lipinski definition) is 5. The molecular weight excluding hydrogens is 518 g/mol. The molecule has 2 aliphatic rings. The maximum atomic E-state index is 13.3. The molecule has 0 spiro atoms. The lowest BCUT2D eigenvalue weighted by Gasteiger charge is -2.43. The van der Waals surface area contributed by atoms with Crippen molar-refractivity contribution in [3.05, 3.63) is 0 Å². The predicted octanol–water partition coefficient (Wildman–Crippen LogP) is 7.61. The van der Waals surface area contributed by atoms with Crippen LogP contribution in [0.3, 0.4) is 0 Å². The van der Waals surface area contributed by atoms with Gasteiger partial charge in [0.15, 0.2) is 5.79 Å². The highest BCUT2D eigenvalue weighted by molar-refractivity contribution is 5.77. The first-order valence-corrected chi connectivity index (χ1v) is 13.2. The number of alkyl halides is 6. The van der Waals surface area contributed by atoms with Crippen LogP contribution >= 0.6 is 0 Å². The van der Waals surface area contributed by atoms with Crippen molar-refractivity contribution in [3.8, 4) is 0 Å². The minimum atomic E-state index is -5.53. The first-order valence-electron chi connectivity index (χ1n) is 13.2. The largest absolute Gasteiger partial charge is 0.465 e. The van der Waals surface area contributed by atoms with E-state index in [9.17, 15) is 31.1 Å². The van der Waals surface area contributed by atoms with Crippen molar-refractivity contribution in [2.24, 2.45) is 22.2 Å². The van der Waals surface area contributed by atoms with E-state index in [-0.39, 0.29) is 54.4 Å². The van der Waals surface area contributed by atoms with Crippen LogP contribution in [0.4, 0.5) is 26.3 Å². The van der Waals surface area contributed by atoms with Gasteiger partial charge in [-0.1, -0.05) is 41.5 Å². The van der Waals surface area contributed by atoms with Crippen molar-refractivity contribution in [2.45, 2.75) is 130 Å². The van der Waals surface area contributed by atoms with E-state index in [4.69, 9.17) is 14.2 Å². The third-order valence-electron chi connectivity index (χ3n) is 7.74. The molecule has 5 atom stereocenters. The Morgan fingerprint density at radius 1 is 0.921 bits per heavy atom. The van der Waals surface area contributed by atoms with E-state index in [1.54, 1.807) is 6.92 Å². The minimum absolute atomic E-state index is 0.0627. The second-order valence-corrected chi connectivity index (χ2v) is 13.5. The summed E-state index contributed by atoms with van der Waals surface area (Å²) in [6, 6.07) is 0. The average Bonchev–Trinajstić information content (AvgIpc) is 3.03. The van der Waals surface area contributed by atoms with Gasteiger partial charge in [-0.25, -0.2) is 0 Å². The molecule has 0 bridgehead atoms. The molecule has 0 aromatic carbocycles. The van der Waals surface area contributed by atoms with E-state index in [1.165, 1.54) is 0 Å². The first kappa shape index (κ1) is 33.1. The zero-order valence-electron chi connectivity index (χ0n) is 23.8. The van der Waals surface area contributed by atoms with Crippen molar-refractivity contribution in [1.29, 1.82) is 0 Å². The van der Waals surface area contributed by atoms with Crippen LogP contribution in [0, 0.1) is 22.2 Å². The van der Waals surface area contributed by atoms with Crippen molar-refractivity contribution in [3.63, 3.8) is 0 Å². The fourth-order valence-corrected chi connectivity index (χ4v) is 5.41. The van der Waals surface area contributed by atoms with Gasteiger partial charge in [0.05, 0.1) is 24.2 Å². The minimum Gasteiger partial charge on any atom is -0.465 e. The van der Waals surface area contributed by atoms with E-state index in [0.29, 0.717) is 19.3 Å². The van der Waals surface area contributed by atoms with Gasteiger partial charge in [-0.2, -0.15) is 26.3 Å². The summed E-state index contributed by atoms with van der Waals surface area (Å²) in [4.78, 5) is 13.3. The van der Waals surface area contributed by atoms with Gasteiger partial charge >= 0.3 is 18.3 Å². The van der Waals surface area contributed by atoms with Crippen molar-refractivity contribution < 1.29 is 50.1 Å². The van der Waals surface area contributed by atoms with Crippen LogP contribution in [-0.2, 0) is 23.7 Å². The van der Waals surface area contributed by atoms with Gasteiger partial charge in [0.1, 0.15) is 0 Å². The number of hydrogen-bond donors (Lipinski definition) is 0. The summed E-state index contributed by atoms with van der Waals surface area (Å²) in [5.41, 5.74) is -1.04. The maximum absolute atomic E-state index is 13.3. The zero-order chi connectivity index (χ0) is 29.4. The number of halogens is 6. The normalized spacial score (nSPS) is 28.8. The summed E-state index contributed by atoms with van der Waals surface area (Å²) >= 11 is 0. The molecule has 0 aromatic rings. The Balaban J connectivity index is 1.88. The van der Waals surface area contributed by atoms with E-state index in [0.717, 1.165) is 6.42 Å². The Labute approximate surface area is 222 Å². The summed E-state index contributed by atoms with van der Waals surface area (Å²) in [7, 11) is 0. The van der Waals surface area contributed by atoms with Crippen LogP contribution < -0.4 is 0 Å². The molecule has 1 saturated heterocycles. The summed E-state index contributed by atoms with van der Waals surface area (Å²) in [5, 5.41) is 0. The molecule has 1 saturated carbocycles. The van der Waals surface area contributed by atoms with Crippen LogP contribution in [0.1, 0.15) is 93.9 Å². The maximum Gasteiger partial charge on any atom is 0.423 e. The van der Waals surface area contributed by atoms with Crippen molar-refractivity contribution in [2.75, 3.05) is 13.2 Å². The third-order valence-corrected chi connectivity index (χ3v) is 7.74. The smallest absolute Gasteiger partial charge is 0.423 e. The Morgan fingerprint density at radius 3 is 1.97 bits per heavy atom. The Morgan fingerprint density at radius 2 is 1.47 bits per heavy atom. The Kier molecular flexibility index (Phi) is 9.97. The van der Waals surface area contributed by atoms with E-state index in [1.807, 2.05) is 27.7 Å². The Hall–Kier alpha value is -1.07. The quantitative estimate of drug-likeness (QED) is 0.165. The van der Waals surface area contributed by atoms with E-state index in [2.05, 4.69) is 25.5 Å². The van der Waals surface area contributed by atoms with Crippen LogP contribution in [-0.4, -0.2) is 55.6 Å². The number of ether oxygens (including phenoxy) is 4. The van der Waals surface area contributed by atoms with Gasteiger partial charge in [-0.3, -0.25) is 4.79 Å². The number of fused-ring (bicyclic) bond motifs is 1. The molecule has 1 aliphatic heterocycles. The second kappa shape index (κ2) is 11.4. The molecule has 224 valence electrons. The second-order valence-electron chi connectivity index (χ2n) is 13.5. The zero-order valence-corrected chi connectivity index (χ0v) is 23.8. The van der Waals surface area contributed by atoms with Crippen LogP contribution in [0.5, 0.6) is 0 Å². The van der Waals surface area contributed by atoms with Gasteiger partial charge in [-0.15, -0.1) is 0 Å². The molecule has 5 nitrogen and oxygen atoms in total. The average molecular weight is 563 g/mol. The van der Waals surface area contributed by atoms with Crippen LogP contribution in [0.25, 0.3) is 0 Å². The molecule has 0 radical (unpaired) electrons. The lowest BCUT2D eigenvalue weighted by atomic mass is 9.61. The molecule has 0 aromatic heterocycles. The van der Waals surface area contributed by atoms with Crippen LogP contribution in [0.15, 0.2) is 0 Å². The number of esters is 1. The SMILES string of the molecule is CC(C)(C)CC(C)(C(=O)OCC1CCC2OC(C)(CCCOC(C(F)(F)F)C(F)(F)F)OC2C1)C(C)(C)C. The lowest BCUT2D eigenvalue weighted by molar-refractivity contribution is -0.322. The number of rotatable bonds is 9. The fraction of sp³-hybridized carbons (Fsp3) is 0.963. The molecule has 0 amide bonds. The monoisotopic (exact) mass is 562 g/mol.